The normalized spacial score (nSPS) is 25.5. The van der Waals surface area contributed by atoms with Crippen LogP contribution in [0.15, 0.2) is 42.5 Å². The van der Waals surface area contributed by atoms with Crippen molar-refractivity contribution in [1.29, 1.82) is 0 Å². The minimum absolute atomic E-state index is 0. The van der Waals surface area contributed by atoms with Crippen molar-refractivity contribution in [3.63, 3.8) is 0 Å². The average Bonchev–Trinajstić information content (AvgIpc) is 3.41. The maximum Gasteiger partial charge on any atom is 0.127 e. The zero-order valence-electron chi connectivity index (χ0n) is 18.4. The van der Waals surface area contributed by atoms with Crippen LogP contribution in [-0.4, -0.2) is 24.8 Å². The van der Waals surface area contributed by atoms with Gasteiger partial charge in [0, 0.05) is 36.2 Å². The number of ether oxygens (including phenoxy) is 2. The maximum absolute atomic E-state index is 6.36. The summed E-state index contributed by atoms with van der Waals surface area (Å²) in [6.07, 6.45) is 8.94. The summed E-state index contributed by atoms with van der Waals surface area (Å²) < 4.78 is 12.6. The van der Waals surface area contributed by atoms with Gasteiger partial charge in [-0.2, -0.15) is 0 Å². The van der Waals surface area contributed by atoms with Crippen molar-refractivity contribution in [3.8, 4) is 11.5 Å². The molecule has 168 valence electrons. The smallest absolute Gasteiger partial charge is 0.127 e. The van der Waals surface area contributed by atoms with E-state index >= 15 is 0 Å². The van der Waals surface area contributed by atoms with E-state index in [1.165, 1.54) is 55.2 Å². The summed E-state index contributed by atoms with van der Waals surface area (Å²) in [4.78, 5) is 0. The molecular formula is C26H35ClN2O2. The molecule has 2 aromatic rings. The molecule has 4 nitrogen and oxygen atoms in total. The van der Waals surface area contributed by atoms with Gasteiger partial charge in [-0.25, -0.2) is 0 Å². The van der Waals surface area contributed by atoms with Crippen LogP contribution in [0.3, 0.4) is 0 Å². The predicted molar refractivity (Wildman–Crippen MR) is 127 cm³/mol. The summed E-state index contributed by atoms with van der Waals surface area (Å²) in [5.74, 6) is 2.10. The highest BCUT2D eigenvalue weighted by Crippen LogP contribution is 2.38. The van der Waals surface area contributed by atoms with Gasteiger partial charge in [-0.05, 0) is 69.7 Å². The molecule has 0 amide bonds. The lowest BCUT2D eigenvalue weighted by Crippen LogP contribution is -2.45. The van der Waals surface area contributed by atoms with E-state index in [2.05, 4.69) is 60.0 Å². The summed E-state index contributed by atoms with van der Waals surface area (Å²) in [5, 5.41) is 7.58. The Balaban J connectivity index is 0.00000231. The van der Waals surface area contributed by atoms with Crippen LogP contribution in [0.1, 0.15) is 68.2 Å². The van der Waals surface area contributed by atoms with Crippen molar-refractivity contribution in [2.75, 3.05) is 6.54 Å². The number of hydrogen-bond donors (Lipinski definition) is 2. The number of fused-ring (bicyclic) bond motifs is 1. The molecule has 0 bridgehead atoms. The number of halogens is 1. The van der Waals surface area contributed by atoms with E-state index in [0.29, 0.717) is 18.2 Å². The fourth-order valence-electron chi connectivity index (χ4n) is 5.34. The van der Waals surface area contributed by atoms with Crippen LogP contribution in [0, 0.1) is 0 Å². The fourth-order valence-corrected chi connectivity index (χ4v) is 5.34. The lowest BCUT2D eigenvalue weighted by molar-refractivity contribution is 0.209. The number of benzene rings is 2. The maximum atomic E-state index is 6.36. The molecule has 1 saturated heterocycles. The van der Waals surface area contributed by atoms with Crippen molar-refractivity contribution in [3.05, 3.63) is 59.2 Å². The third kappa shape index (κ3) is 5.19. The summed E-state index contributed by atoms with van der Waals surface area (Å²) in [7, 11) is 0. The summed E-state index contributed by atoms with van der Waals surface area (Å²) in [6.45, 7) is 4.05. The molecule has 2 aromatic carbocycles. The first-order valence-corrected chi connectivity index (χ1v) is 11.8. The second kappa shape index (κ2) is 10.2. The molecule has 1 aliphatic carbocycles. The summed E-state index contributed by atoms with van der Waals surface area (Å²) >= 11 is 0. The summed E-state index contributed by atoms with van der Waals surface area (Å²) in [6, 6.07) is 16.0. The minimum atomic E-state index is 0. The highest BCUT2D eigenvalue weighted by Gasteiger charge is 2.28. The molecule has 2 fully saturated rings. The number of rotatable bonds is 6. The van der Waals surface area contributed by atoms with Gasteiger partial charge in [0.15, 0.2) is 0 Å². The van der Waals surface area contributed by atoms with Gasteiger partial charge in [-0.15, -0.1) is 12.4 Å². The number of nitrogens with one attached hydrogen (secondary N) is 2. The molecule has 31 heavy (non-hydrogen) atoms. The molecule has 3 aliphatic rings. The zero-order valence-corrected chi connectivity index (χ0v) is 19.3. The third-order valence-corrected chi connectivity index (χ3v) is 6.82. The molecule has 0 radical (unpaired) electrons. The Morgan fingerprint density at radius 2 is 1.87 bits per heavy atom. The molecule has 3 atom stereocenters. The zero-order chi connectivity index (χ0) is 20.3. The first-order valence-electron chi connectivity index (χ1n) is 11.8. The molecule has 2 N–H and O–H groups in total. The number of piperidine rings is 1. The van der Waals surface area contributed by atoms with Crippen LogP contribution in [0.25, 0.3) is 0 Å². The van der Waals surface area contributed by atoms with Crippen LogP contribution >= 0.6 is 12.4 Å². The second-order valence-electron chi connectivity index (χ2n) is 9.20. The molecule has 0 spiro atoms. The van der Waals surface area contributed by atoms with E-state index in [-0.39, 0.29) is 18.5 Å². The first-order chi connectivity index (χ1) is 14.8. The Bertz CT molecular complexity index is 854. The summed E-state index contributed by atoms with van der Waals surface area (Å²) in [5.41, 5.74) is 3.90. The standard InChI is InChI=1S/C26H34N2O2.ClH/c1-18-14-20-15-23(30-22-10-5-6-11-22)16-21(26(20)29-18)17-28-24-12-7-13-27-25(24)19-8-3-2-4-9-19;/h2-4,8-9,15-16,18,22,24-25,27-28H,5-7,10-14,17H2,1H3;1H/t18?,24-,25-;/m0./s1. The highest BCUT2D eigenvalue weighted by atomic mass is 35.5. The third-order valence-electron chi connectivity index (χ3n) is 6.82. The largest absolute Gasteiger partial charge is 0.490 e. The van der Waals surface area contributed by atoms with Gasteiger partial charge >= 0.3 is 0 Å². The van der Waals surface area contributed by atoms with Crippen LogP contribution in [0.4, 0.5) is 0 Å². The second-order valence-corrected chi connectivity index (χ2v) is 9.20. The van der Waals surface area contributed by atoms with E-state index in [1.807, 2.05) is 0 Å². The molecule has 2 heterocycles. The van der Waals surface area contributed by atoms with Crippen molar-refractivity contribution in [2.45, 2.75) is 82.7 Å². The van der Waals surface area contributed by atoms with Crippen LogP contribution in [0.2, 0.25) is 0 Å². The Labute approximate surface area is 192 Å². The Kier molecular flexibility index (Phi) is 7.42. The number of hydrogen-bond acceptors (Lipinski definition) is 4. The average molecular weight is 443 g/mol. The Morgan fingerprint density at radius 3 is 2.68 bits per heavy atom. The fraction of sp³-hybridized carbons (Fsp3) is 0.538. The molecule has 2 aliphatic heterocycles. The molecule has 5 heteroatoms. The van der Waals surface area contributed by atoms with Crippen LogP contribution < -0.4 is 20.1 Å². The van der Waals surface area contributed by atoms with E-state index < -0.39 is 0 Å². The minimum Gasteiger partial charge on any atom is -0.490 e. The molecule has 1 unspecified atom stereocenters. The Hall–Kier alpha value is -1.75. The van der Waals surface area contributed by atoms with Gasteiger partial charge in [0.2, 0.25) is 0 Å². The lowest BCUT2D eigenvalue weighted by atomic mass is 9.92. The predicted octanol–water partition coefficient (Wildman–Crippen LogP) is 5.34. The molecule has 0 aromatic heterocycles. The quantitative estimate of drug-likeness (QED) is 0.634. The highest BCUT2D eigenvalue weighted by molar-refractivity contribution is 5.85. The molecule has 1 saturated carbocycles. The van der Waals surface area contributed by atoms with Gasteiger partial charge in [-0.3, -0.25) is 0 Å². The van der Waals surface area contributed by atoms with E-state index in [4.69, 9.17) is 9.47 Å². The SMILES string of the molecule is CC1Cc2cc(OC3CCCC3)cc(CN[C@H]3CCCN[C@H]3c3ccccc3)c2O1.Cl. The van der Waals surface area contributed by atoms with Gasteiger partial charge in [-0.1, -0.05) is 30.3 Å². The topological polar surface area (TPSA) is 42.5 Å². The van der Waals surface area contributed by atoms with Gasteiger partial charge in [0.05, 0.1) is 6.10 Å². The first kappa shape index (κ1) is 22.4. The van der Waals surface area contributed by atoms with Crippen LogP contribution in [0.5, 0.6) is 11.5 Å². The van der Waals surface area contributed by atoms with Gasteiger partial charge < -0.3 is 20.1 Å². The van der Waals surface area contributed by atoms with E-state index in [9.17, 15) is 0 Å². The molecular weight excluding hydrogens is 408 g/mol. The monoisotopic (exact) mass is 442 g/mol. The van der Waals surface area contributed by atoms with E-state index in [0.717, 1.165) is 31.0 Å². The Morgan fingerprint density at radius 1 is 1.06 bits per heavy atom. The van der Waals surface area contributed by atoms with Gasteiger partial charge in [0.1, 0.15) is 17.6 Å². The molecule has 5 rings (SSSR count). The van der Waals surface area contributed by atoms with Crippen molar-refractivity contribution in [1.82, 2.24) is 10.6 Å². The van der Waals surface area contributed by atoms with Crippen molar-refractivity contribution < 1.29 is 9.47 Å². The van der Waals surface area contributed by atoms with Gasteiger partial charge in [0.25, 0.3) is 0 Å². The lowest BCUT2D eigenvalue weighted by Gasteiger charge is -2.34. The van der Waals surface area contributed by atoms with Crippen molar-refractivity contribution in [2.24, 2.45) is 0 Å². The van der Waals surface area contributed by atoms with Crippen molar-refractivity contribution >= 4 is 12.4 Å². The van der Waals surface area contributed by atoms with E-state index in [1.54, 1.807) is 0 Å². The van der Waals surface area contributed by atoms with Crippen LogP contribution in [-0.2, 0) is 13.0 Å².